The molecule has 0 fully saturated rings. The van der Waals surface area contributed by atoms with Crippen LogP contribution in [0.15, 0.2) is 36.7 Å². The highest BCUT2D eigenvalue weighted by Gasteiger charge is 2.49. The fourth-order valence-corrected chi connectivity index (χ4v) is 3.58. The Morgan fingerprint density at radius 2 is 1.96 bits per heavy atom. The summed E-state index contributed by atoms with van der Waals surface area (Å²) in [5.41, 5.74) is -4.43. The Kier molecular flexibility index (Phi) is 4.40. The summed E-state index contributed by atoms with van der Waals surface area (Å²) in [4.78, 5) is 15.5. The highest BCUT2D eigenvalue weighted by Crippen LogP contribution is 2.37. The van der Waals surface area contributed by atoms with Gasteiger partial charge in [-0.1, -0.05) is 12.1 Å². The number of nitrogens with zero attached hydrogens (tertiary/aromatic N) is 2. The average Bonchev–Trinajstić information content (AvgIpc) is 3.16. The molecule has 0 aliphatic heterocycles. The zero-order valence-electron chi connectivity index (χ0n) is 12.9. The third kappa shape index (κ3) is 3.12. The van der Waals surface area contributed by atoms with E-state index in [1.807, 2.05) is 0 Å². The van der Waals surface area contributed by atoms with Gasteiger partial charge in [-0.05, 0) is 12.1 Å². The molecule has 0 amide bonds. The molecule has 0 unspecified atom stereocenters. The number of hydrogen-bond acceptors (Lipinski definition) is 7. The van der Waals surface area contributed by atoms with Gasteiger partial charge in [0, 0.05) is 6.07 Å². The van der Waals surface area contributed by atoms with Crippen LogP contribution in [0, 0.1) is 0 Å². The van der Waals surface area contributed by atoms with E-state index in [0.29, 0.717) is 22.4 Å². The monoisotopic (exact) mass is 406 g/mol. The van der Waals surface area contributed by atoms with Gasteiger partial charge in [-0.15, -0.1) is 11.3 Å². The number of aromatic nitrogens is 2. The molecule has 0 saturated heterocycles. The zero-order valence-corrected chi connectivity index (χ0v) is 14.5. The van der Waals surface area contributed by atoms with Crippen molar-refractivity contribution in [2.75, 3.05) is 7.11 Å². The van der Waals surface area contributed by atoms with Crippen LogP contribution in [0.5, 0.6) is 5.75 Å². The Bertz CT molecular complexity index is 1090. The normalized spacial score (nSPS) is 12.3. The number of thiophene rings is 1. The number of methoxy groups -OCH3 is 1. The number of fused-ring (bicyclic) bond motifs is 1. The van der Waals surface area contributed by atoms with Crippen LogP contribution >= 0.6 is 11.3 Å². The predicted molar refractivity (Wildman–Crippen MR) is 85.9 cm³/mol. The minimum atomic E-state index is -5.94. The van der Waals surface area contributed by atoms with E-state index >= 15 is 0 Å². The summed E-state index contributed by atoms with van der Waals surface area (Å²) in [6.45, 7) is 0. The van der Waals surface area contributed by atoms with Crippen LogP contribution < -0.4 is 4.18 Å². The first-order valence-corrected chi connectivity index (χ1v) is 9.02. The van der Waals surface area contributed by atoms with Crippen molar-refractivity contribution in [1.29, 1.82) is 0 Å². The van der Waals surface area contributed by atoms with E-state index in [0.717, 1.165) is 13.2 Å². The minimum absolute atomic E-state index is 0.228. The van der Waals surface area contributed by atoms with Crippen LogP contribution in [-0.4, -0.2) is 36.6 Å². The topological polar surface area (TPSA) is 87.5 Å². The van der Waals surface area contributed by atoms with Crippen LogP contribution in [-0.2, 0) is 14.9 Å². The van der Waals surface area contributed by atoms with Crippen molar-refractivity contribution in [3.05, 3.63) is 41.5 Å². The van der Waals surface area contributed by atoms with Crippen LogP contribution in [0.25, 0.3) is 16.0 Å². The second-order valence-electron chi connectivity index (χ2n) is 4.86. The van der Waals surface area contributed by atoms with E-state index in [4.69, 9.17) is 0 Å². The average molecular weight is 406 g/mol. The highest BCUT2D eigenvalue weighted by atomic mass is 32.2. The van der Waals surface area contributed by atoms with Gasteiger partial charge in [0.2, 0.25) is 0 Å². The lowest BCUT2D eigenvalue weighted by atomic mass is 10.3. The Balaban J connectivity index is 2.12. The summed E-state index contributed by atoms with van der Waals surface area (Å²) >= 11 is 0.708. The lowest BCUT2D eigenvalue weighted by molar-refractivity contribution is -0.0500. The lowest BCUT2D eigenvalue weighted by Gasteiger charge is -2.08. The van der Waals surface area contributed by atoms with Crippen molar-refractivity contribution >= 4 is 38.5 Å². The molecule has 3 rings (SSSR count). The summed E-state index contributed by atoms with van der Waals surface area (Å²) in [6, 6.07) is 7.90. The molecule has 0 aliphatic carbocycles. The first-order valence-electron chi connectivity index (χ1n) is 6.79. The summed E-state index contributed by atoms with van der Waals surface area (Å²) in [6.07, 6.45) is 1.39. The summed E-state index contributed by atoms with van der Waals surface area (Å²) in [5, 5.41) is 0.228. The van der Waals surface area contributed by atoms with Crippen molar-refractivity contribution in [3.63, 3.8) is 0 Å². The van der Waals surface area contributed by atoms with Crippen molar-refractivity contribution in [1.82, 2.24) is 9.55 Å². The molecule has 0 saturated carbocycles. The fourth-order valence-electron chi connectivity index (χ4n) is 2.08. The van der Waals surface area contributed by atoms with Crippen molar-refractivity contribution in [2.45, 2.75) is 5.51 Å². The van der Waals surface area contributed by atoms with Crippen LogP contribution in [0.2, 0.25) is 0 Å². The fraction of sp³-hybridized carbons (Fsp3) is 0.143. The van der Waals surface area contributed by atoms with Gasteiger partial charge in [-0.2, -0.15) is 21.6 Å². The molecule has 0 aliphatic rings. The summed E-state index contributed by atoms with van der Waals surface area (Å²) in [7, 11) is -4.93. The third-order valence-corrected chi connectivity index (χ3v) is 5.29. The maximum Gasteiger partial charge on any atom is 0.534 e. The number of halogens is 3. The number of para-hydroxylation sites is 2. The maximum absolute atomic E-state index is 12.6. The van der Waals surface area contributed by atoms with Crippen molar-refractivity contribution in [3.8, 4) is 10.8 Å². The van der Waals surface area contributed by atoms with Gasteiger partial charge in [0.25, 0.3) is 0 Å². The number of imidazole rings is 1. The smallest absolute Gasteiger partial charge is 0.465 e. The van der Waals surface area contributed by atoms with Gasteiger partial charge in [-0.25, -0.2) is 9.78 Å². The number of esters is 1. The van der Waals surface area contributed by atoms with Crippen molar-refractivity contribution < 1.29 is 35.3 Å². The molecule has 0 atom stereocenters. The minimum Gasteiger partial charge on any atom is -0.465 e. The van der Waals surface area contributed by atoms with Gasteiger partial charge in [-0.3, -0.25) is 4.57 Å². The third-order valence-electron chi connectivity index (χ3n) is 3.23. The molecule has 0 spiro atoms. The standard InChI is InChI=1S/C14H9F3N2O5S2/c1-23-13(20)12-10(24-26(21,22)14(15,16)17)6-11(25-12)19-7-18-8-4-2-3-5-9(8)19/h2-7H,1H3. The largest absolute Gasteiger partial charge is 0.534 e. The Morgan fingerprint density at radius 1 is 1.27 bits per heavy atom. The van der Waals surface area contributed by atoms with Gasteiger partial charge in [0.1, 0.15) is 11.3 Å². The number of rotatable bonds is 4. The van der Waals surface area contributed by atoms with E-state index < -0.39 is 32.2 Å². The summed E-state index contributed by atoms with van der Waals surface area (Å²) < 4.78 is 70.4. The first-order chi connectivity index (χ1) is 12.1. The second-order valence-corrected chi connectivity index (χ2v) is 7.42. The van der Waals surface area contributed by atoms with Crippen LogP contribution in [0.1, 0.15) is 9.67 Å². The van der Waals surface area contributed by atoms with Crippen LogP contribution in [0.3, 0.4) is 0 Å². The Hall–Kier alpha value is -2.60. The first kappa shape index (κ1) is 18.2. The quantitative estimate of drug-likeness (QED) is 0.376. The molecular weight excluding hydrogens is 397 g/mol. The van der Waals surface area contributed by atoms with E-state index in [1.54, 1.807) is 24.3 Å². The molecule has 0 bridgehead atoms. The lowest BCUT2D eigenvalue weighted by Crippen LogP contribution is -2.28. The molecule has 0 N–H and O–H groups in total. The van der Waals surface area contributed by atoms with Gasteiger partial charge >= 0.3 is 21.6 Å². The highest BCUT2D eigenvalue weighted by molar-refractivity contribution is 7.88. The number of carbonyl (C=O) groups excluding carboxylic acids is 1. The number of benzene rings is 1. The Labute approximate surface area is 148 Å². The molecular formula is C14H9F3N2O5S2. The van der Waals surface area contributed by atoms with E-state index in [9.17, 15) is 26.4 Å². The van der Waals surface area contributed by atoms with Gasteiger partial charge in [0.15, 0.2) is 10.6 Å². The number of hydrogen-bond donors (Lipinski definition) is 0. The zero-order chi connectivity index (χ0) is 19.1. The number of alkyl halides is 3. The maximum atomic E-state index is 12.6. The number of ether oxygens (including phenoxy) is 1. The Morgan fingerprint density at radius 3 is 2.62 bits per heavy atom. The van der Waals surface area contributed by atoms with Gasteiger partial charge in [0.05, 0.1) is 18.1 Å². The van der Waals surface area contributed by atoms with E-state index in [2.05, 4.69) is 13.9 Å². The second kappa shape index (κ2) is 6.29. The molecule has 3 aromatic rings. The van der Waals surface area contributed by atoms with Crippen LogP contribution in [0.4, 0.5) is 13.2 Å². The molecule has 7 nitrogen and oxygen atoms in total. The molecule has 2 aromatic heterocycles. The van der Waals surface area contributed by atoms with Crippen molar-refractivity contribution in [2.24, 2.45) is 0 Å². The van der Waals surface area contributed by atoms with Gasteiger partial charge < -0.3 is 8.92 Å². The SMILES string of the molecule is COC(=O)c1sc(-n2cnc3ccccc32)cc1OS(=O)(=O)C(F)(F)F. The molecule has 26 heavy (non-hydrogen) atoms. The number of carbonyl (C=O) groups is 1. The molecule has 2 heterocycles. The van der Waals surface area contributed by atoms with E-state index in [1.165, 1.54) is 10.9 Å². The predicted octanol–water partition coefficient (Wildman–Crippen LogP) is 3.10. The molecule has 12 heteroatoms. The molecule has 1 aromatic carbocycles. The molecule has 0 radical (unpaired) electrons. The van der Waals surface area contributed by atoms with E-state index in [-0.39, 0.29) is 5.00 Å². The summed E-state index contributed by atoms with van der Waals surface area (Å²) in [5.74, 6) is -1.80. The molecule has 138 valence electrons.